The first-order valence-electron chi connectivity index (χ1n) is 10.8. The molecule has 4 fully saturated rings. The van der Waals surface area contributed by atoms with Crippen LogP contribution >= 0.6 is 0 Å². The smallest absolute Gasteiger partial charge is 0.328 e. The molecule has 0 atom stereocenters. The Bertz CT molecular complexity index is 852. The van der Waals surface area contributed by atoms with Gasteiger partial charge in [-0.15, -0.1) is 0 Å². The van der Waals surface area contributed by atoms with Crippen LogP contribution in [0.5, 0.6) is 5.75 Å². The predicted molar refractivity (Wildman–Crippen MR) is 117 cm³/mol. The molecular formula is C26H32O3. The second-order valence-electron chi connectivity index (χ2n) is 9.55. The zero-order valence-corrected chi connectivity index (χ0v) is 17.8. The molecule has 0 radical (unpaired) electrons. The zero-order chi connectivity index (χ0) is 20.6. The van der Waals surface area contributed by atoms with E-state index in [1.807, 2.05) is 12.2 Å². The second-order valence-corrected chi connectivity index (χ2v) is 9.55. The van der Waals surface area contributed by atoms with Gasteiger partial charge in [-0.2, -0.15) is 0 Å². The number of hydrogen-bond donors (Lipinski definition) is 1. The Balaban J connectivity index is 1.63. The molecule has 1 aromatic rings. The van der Waals surface area contributed by atoms with Gasteiger partial charge in [0, 0.05) is 11.6 Å². The van der Waals surface area contributed by atoms with Gasteiger partial charge in [-0.3, -0.25) is 0 Å². The fourth-order valence-electron chi connectivity index (χ4n) is 6.49. The standard InChI is InChI=1S/C26H32O3/c1-17(9-25(27)28)5-4-6-18(2)22-7-8-24(29-3)23(13-22)26-14-19-10-20(15-26)12-21(11-19)16-26/h4-9,13,19-21H,10-12,14-16H2,1-3H3,(H,27,28)/b5-4+,17-9-,18-6-. The topological polar surface area (TPSA) is 46.5 Å². The first-order chi connectivity index (χ1) is 13.9. The molecule has 0 amide bonds. The van der Waals surface area contributed by atoms with Crippen molar-refractivity contribution in [2.75, 3.05) is 7.11 Å². The summed E-state index contributed by atoms with van der Waals surface area (Å²) in [4.78, 5) is 10.8. The molecular weight excluding hydrogens is 360 g/mol. The molecule has 4 saturated carbocycles. The Labute approximate surface area is 174 Å². The fraction of sp³-hybridized carbons (Fsp3) is 0.500. The molecule has 154 valence electrons. The quantitative estimate of drug-likeness (QED) is 0.466. The van der Waals surface area contributed by atoms with Gasteiger partial charge in [0.2, 0.25) is 0 Å². The Hall–Kier alpha value is -2.29. The van der Waals surface area contributed by atoms with Crippen LogP contribution in [0, 0.1) is 17.8 Å². The zero-order valence-electron chi connectivity index (χ0n) is 17.8. The average Bonchev–Trinajstić information content (AvgIpc) is 2.65. The van der Waals surface area contributed by atoms with Crippen LogP contribution in [0.3, 0.4) is 0 Å². The minimum Gasteiger partial charge on any atom is -0.496 e. The number of carbonyl (C=O) groups is 1. The summed E-state index contributed by atoms with van der Waals surface area (Å²) < 4.78 is 5.82. The van der Waals surface area contributed by atoms with Crippen LogP contribution in [0.25, 0.3) is 5.57 Å². The highest BCUT2D eigenvalue weighted by Gasteiger charge is 2.52. The third-order valence-corrected chi connectivity index (χ3v) is 7.32. The number of rotatable bonds is 6. The number of hydrogen-bond acceptors (Lipinski definition) is 2. The summed E-state index contributed by atoms with van der Waals surface area (Å²) >= 11 is 0. The van der Waals surface area contributed by atoms with E-state index in [2.05, 4.69) is 31.2 Å². The number of carboxylic acid groups (broad SMARTS) is 1. The molecule has 4 aliphatic carbocycles. The minimum absolute atomic E-state index is 0.299. The van der Waals surface area contributed by atoms with Crippen molar-refractivity contribution in [3.8, 4) is 5.75 Å². The summed E-state index contributed by atoms with van der Waals surface area (Å²) in [6, 6.07) is 6.65. The lowest BCUT2D eigenvalue weighted by molar-refractivity contribution is -0.131. The number of benzene rings is 1. The normalized spacial score (nSPS) is 31.5. The highest BCUT2D eigenvalue weighted by atomic mass is 16.5. The Morgan fingerprint density at radius 2 is 1.72 bits per heavy atom. The molecule has 5 rings (SSSR count). The van der Waals surface area contributed by atoms with E-state index in [4.69, 9.17) is 9.84 Å². The van der Waals surface area contributed by atoms with Crippen molar-refractivity contribution in [3.63, 3.8) is 0 Å². The molecule has 1 aromatic carbocycles. The number of aliphatic carboxylic acids is 1. The molecule has 1 N–H and O–H groups in total. The number of ether oxygens (including phenoxy) is 1. The summed E-state index contributed by atoms with van der Waals surface area (Å²) in [5.74, 6) is 2.83. The van der Waals surface area contributed by atoms with Crippen LogP contribution in [0.4, 0.5) is 0 Å². The van der Waals surface area contributed by atoms with E-state index in [0.29, 0.717) is 5.41 Å². The molecule has 3 nitrogen and oxygen atoms in total. The summed E-state index contributed by atoms with van der Waals surface area (Å²) in [5, 5.41) is 8.83. The van der Waals surface area contributed by atoms with Gasteiger partial charge in [-0.1, -0.05) is 24.3 Å². The van der Waals surface area contributed by atoms with Crippen LogP contribution in [0.1, 0.15) is 63.5 Å². The average molecular weight is 393 g/mol. The van der Waals surface area contributed by atoms with E-state index in [9.17, 15) is 4.79 Å². The Morgan fingerprint density at radius 3 is 2.28 bits per heavy atom. The van der Waals surface area contributed by atoms with Crippen molar-refractivity contribution in [2.45, 2.75) is 57.8 Å². The number of allylic oxidation sites excluding steroid dienone is 5. The van der Waals surface area contributed by atoms with Crippen molar-refractivity contribution in [1.82, 2.24) is 0 Å². The monoisotopic (exact) mass is 392 g/mol. The van der Waals surface area contributed by atoms with Crippen molar-refractivity contribution in [3.05, 3.63) is 59.2 Å². The van der Waals surface area contributed by atoms with Gasteiger partial charge in [0.1, 0.15) is 5.75 Å². The molecule has 4 bridgehead atoms. The van der Waals surface area contributed by atoms with Gasteiger partial charge in [0.25, 0.3) is 0 Å². The highest BCUT2D eigenvalue weighted by Crippen LogP contribution is 2.62. The molecule has 29 heavy (non-hydrogen) atoms. The Morgan fingerprint density at radius 1 is 1.10 bits per heavy atom. The Kier molecular flexibility index (Phi) is 5.42. The molecule has 3 heteroatoms. The van der Waals surface area contributed by atoms with Gasteiger partial charge < -0.3 is 9.84 Å². The number of carboxylic acids is 1. The molecule has 0 heterocycles. The van der Waals surface area contributed by atoms with E-state index in [-0.39, 0.29) is 0 Å². The molecule has 0 aliphatic heterocycles. The van der Waals surface area contributed by atoms with Crippen LogP contribution < -0.4 is 4.74 Å². The van der Waals surface area contributed by atoms with E-state index in [1.54, 1.807) is 14.0 Å². The molecule has 4 aliphatic rings. The van der Waals surface area contributed by atoms with Crippen molar-refractivity contribution < 1.29 is 14.6 Å². The third kappa shape index (κ3) is 4.05. The second kappa shape index (κ2) is 7.85. The van der Waals surface area contributed by atoms with Gasteiger partial charge in [-0.05, 0) is 104 Å². The highest BCUT2D eigenvalue weighted by molar-refractivity contribution is 5.81. The SMILES string of the molecule is COc1ccc(\C(C)=C/C=C/C(C)=C\C(=O)O)cc1C12CC3CC(CC(C3)C1)C2. The minimum atomic E-state index is -0.914. The van der Waals surface area contributed by atoms with Gasteiger partial charge in [0.05, 0.1) is 7.11 Å². The molecule has 0 spiro atoms. The van der Waals surface area contributed by atoms with Crippen LogP contribution in [0.2, 0.25) is 0 Å². The van der Waals surface area contributed by atoms with E-state index in [1.165, 1.54) is 61.3 Å². The first-order valence-corrected chi connectivity index (χ1v) is 10.8. The van der Waals surface area contributed by atoms with Gasteiger partial charge >= 0.3 is 5.97 Å². The summed E-state index contributed by atoms with van der Waals surface area (Å²) in [7, 11) is 1.79. The summed E-state index contributed by atoms with van der Waals surface area (Å²) in [6.45, 7) is 3.91. The maximum atomic E-state index is 10.8. The van der Waals surface area contributed by atoms with Crippen LogP contribution in [-0.4, -0.2) is 18.2 Å². The van der Waals surface area contributed by atoms with Gasteiger partial charge in [0.15, 0.2) is 0 Å². The fourth-order valence-corrected chi connectivity index (χ4v) is 6.49. The summed E-state index contributed by atoms with van der Waals surface area (Å²) in [6.07, 6.45) is 15.3. The number of methoxy groups -OCH3 is 1. The van der Waals surface area contributed by atoms with Crippen LogP contribution in [-0.2, 0) is 10.2 Å². The van der Waals surface area contributed by atoms with E-state index in [0.717, 1.165) is 29.1 Å². The third-order valence-electron chi connectivity index (χ3n) is 7.32. The van der Waals surface area contributed by atoms with Crippen molar-refractivity contribution in [2.24, 2.45) is 17.8 Å². The molecule has 0 aromatic heterocycles. The van der Waals surface area contributed by atoms with Gasteiger partial charge in [-0.25, -0.2) is 4.79 Å². The molecule has 0 saturated heterocycles. The maximum absolute atomic E-state index is 10.8. The van der Waals surface area contributed by atoms with Crippen molar-refractivity contribution >= 4 is 11.5 Å². The van der Waals surface area contributed by atoms with Crippen LogP contribution in [0.15, 0.2) is 48.1 Å². The lowest BCUT2D eigenvalue weighted by atomic mass is 9.48. The maximum Gasteiger partial charge on any atom is 0.328 e. The lowest BCUT2D eigenvalue weighted by Gasteiger charge is -2.57. The predicted octanol–water partition coefficient (Wildman–Crippen LogP) is 6.15. The summed E-state index contributed by atoms with van der Waals surface area (Å²) in [5.41, 5.74) is 4.84. The van der Waals surface area contributed by atoms with E-state index < -0.39 is 5.97 Å². The first kappa shape index (κ1) is 20.0. The molecule has 0 unspecified atom stereocenters. The van der Waals surface area contributed by atoms with Crippen molar-refractivity contribution in [1.29, 1.82) is 0 Å². The van der Waals surface area contributed by atoms with E-state index >= 15 is 0 Å². The lowest BCUT2D eigenvalue weighted by Crippen LogP contribution is -2.48. The largest absolute Gasteiger partial charge is 0.496 e.